The molecular weight excluding hydrogens is 274 g/mol. The molecule has 2 aromatic rings. The van der Waals surface area contributed by atoms with Crippen molar-refractivity contribution < 1.29 is 9.11 Å². The lowest BCUT2D eigenvalue weighted by molar-refractivity contribution is -0.385. The zero-order valence-electron chi connectivity index (χ0n) is 11.1. The van der Waals surface area contributed by atoms with Crippen LogP contribution >= 0.6 is 12.0 Å². The summed E-state index contributed by atoms with van der Waals surface area (Å²) in [5.74, 6) is 1.09. The lowest BCUT2D eigenvalue weighted by atomic mass is 10.0. The second-order valence-electron chi connectivity index (χ2n) is 4.17. The van der Waals surface area contributed by atoms with Gasteiger partial charge in [0.2, 0.25) is 5.75 Å². The topological polar surface area (TPSA) is 52.4 Å². The van der Waals surface area contributed by atoms with Crippen LogP contribution in [0.15, 0.2) is 48.5 Å². The fourth-order valence-electron chi connectivity index (χ4n) is 1.88. The van der Waals surface area contributed by atoms with Gasteiger partial charge in [0.1, 0.15) is 0 Å². The summed E-state index contributed by atoms with van der Waals surface area (Å²) in [6.45, 7) is 1.94. The van der Waals surface area contributed by atoms with Gasteiger partial charge in [0.15, 0.2) is 0 Å². The van der Waals surface area contributed by atoms with E-state index in [4.69, 9.17) is 4.18 Å². The van der Waals surface area contributed by atoms with Crippen molar-refractivity contribution >= 4 is 17.7 Å². The standard InChI is InChI=1S/C15H15NO3S/c1-2-20-19-15-13(9-6-10-14(15)16(17)18)11-12-7-4-3-5-8-12/h3-10H,2,11H2,1H3. The molecule has 0 radical (unpaired) electrons. The van der Waals surface area contributed by atoms with Gasteiger partial charge in [-0.05, 0) is 5.56 Å². The van der Waals surface area contributed by atoms with Gasteiger partial charge < -0.3 is 4.18 Å². The van der Waals surface area contributed by atoms with E-state index in [1.165, 1.54) is 18.1 Å². The average molecular weight is 289 g/mol. The molecule has 0 aromatic heterocycles. The molecule has 0 aliphatic heterocycles. The molecule has 2 rings (SSSR count). The highest BCUT2D eigenvalue weighted by atomic mass is 32.2. The minimum Gasteiger partial charge on any atom is -0.418 e. The lowest BCUT2D eigenvalue weighted by Crippen LogP contribution is -1.98. The Balaban J connectivity index is 2.35. The molecule has 20 heavy (non-hydrogen) atoms. The fraction of sp³-hybridized carbons (Fsp3) is 0.200. The number of hydrogen-bond donors (Lipinski definition) is 0. The first-order valence-corrected chi connectivity index (χ1v) is 7.23. The van der Waals surface area contributed by atoms with Crippen LogP contribution in [0.25, 0.3) is 0 Å². The maximum absolute atomic E-state index is 11.1. The zero-order valence-corrected chi connectivity index (χ0v) is 11.9. The Morgan fingerprint density at radius 3 is 2.55 bits per heavy atom. The maximum Gasteiger partial charge on any atom is 0.312 e. The Bertz CT molecular complexity index is 587. The van der Waals surface area contributed by atoms with Crippen molar-refractivity contribution in [3.63, 3.8) is 0 Å². The van der Waals surface area contributed by atoms with Crippen LogP contribution in [-0.2, 0) is 6.42 Å². The summed E-state index contributed by atoms with van der Waals surface area (Å²) < 4.78 is 5.53. The fourth-order valence-corrected chi connectivity index (χ4v) is 2.31. The van der Waals surface area contributed by atoms with E-state index in [-0.39, 0.29) is 5.69 Å². The Morgan fingerprint density at radius 1 is 1.15 bits per heavy atom. The van der Waals surface area contributed by atoms with Crippen molar-refractivity contribution in [3.8, 4) is 5.75 Å². The summed E-state index contributed by atoms with van der Waals surface area (Å²) in [5.41, 5.74) is 1.94. The molecule has 0 N–H and O–H groups in total. The highest BCUT2D eigenvalue weighted by Crippen LogP contribution is 2.34. The highest BCUT2D eigenvalue weighted by Gasteiger charge is 2.19. The van der Waals surface area contributed by atoms with Gasteiger partial charge in [-0.2, -0.15) is 0 Å². The number of nitro benzene ring substituents is 1. The van der Waals surface area contributed by atoms with Gasteiger partial charge in [0.25, 0.3) is 0 Å². The number of para-hydroxylation sites is 1. The molecule has 2 aromatic carbocycles. The minimum atomic E-state index is -0.403. The normalized spacial score (nSPS) is 10.2. The Morgan fingerprint density at radius 2 is 1.90 bits per heavy atom. The maximum atomic E-state index is 11.1. The van der Waals surface area contributed by atoms with Crippen LogP contribution in [0.1, 0.15) is 18.1 Å². The van der Waals surface area contributed by atoms with E-state index >= 15 is 0 Å². The van der Waals surface area contributed by atoms with Crippen LogP contribution in [0.3, 0.4) is 0 Å². The van der Waals surface area contributed by atoms with Gasteiger partial charge in [0, 0.05) is 23.8 Å². The second kappa shape index (κ2) is 6.96. The second-order valence-corrected chi connectivity index (χ2v) is 5.15. The average Bonchev–Trinajstić information content (AvgIpc) is 2.46. The van der Waals surface area contributed by atoms with Crippen molar-refractivity contribution in [1.29, 1.82) is 0 Å². The molecule has 0 saturated heterocycles. The first-order valence-electron chi connectivity index (χ1n) is 6.32. The Kier molecular flexibility index (Phi) is 5.01. The molecule has 0 aliphatic carbocycles. The van der Waals surface area contributed by atoms with E-state index in [9.17, 15) is 10.1 Å². The Hall–Kier alpha value is -2.01. The van der Waals surface area contributed by atoms with Gasteiger partial charge in [-0.15, -0.1) is 0 Å². The molecule has 0 aliphatic rings. The molecular formula is C15H15NO3S. The third-order valence-electron chi connectivity index (χ3n) is 2.77. The molecule has 0 fully saturated rings. The van der Waals surface area contributed by atoms with E-state index in [2.05, 4.69) is 0 Å². The molecule has 0 heterocycles. The number of benzene rings is 2. The molecule has 0 unspecified atom stereocenters. The summed E-state index contributed by atoms with van der Waals surface area (Å²) >= 11 is 1.21. The summed E-state index contributed by atoms with van der Waals surface area (Å²) in [4.78, 5) is 10.7. The van der Waals surface area contributed by atoms with Crippen molar-refractivity contribution in [2.75, 3.05) is 5.75 Å². The number of hydrogen-bond acceptors (Lipinski definition) is 4. The van der Waals surface area contributed by atoms with E-state index in [0.717, 1.165) is 16.9 Å². The first kappa shape index (κ1) is 14.4. The molecule has 4 nitrogen and oxygen atoms in total. The van der Waals surface area contributed by atoms with E-state index in [1.54, 1.807) is 6.07 Å². The van der Waals surface area contributed by atoms with Crippen molar-refractivity contribution in [2.24, 2.45) is 0 Å². The van der Waals surface area contributed by atoms with Gasteiger partial charge in [-0.25, -0.2) is 0 Å². The van der Waals surface area contributed by atoms with Gasteiger partial charge >= 0.3 is 5.69 Å². The summed E-state index contributed by atoms with van der Waals surface area (Å²) in [6, 6.07) is 14.9. The van der Waals surface area contributed by atoms with E-state index in [1.807, 2.05) is 43.3 Å². The molecule has 5 heteroatoms. The SMILES string of the molecule is CCSOc1c(Cc2ccccc2)cccc1[N+](=O)[O-]. The van der Waals surface area contributed by atoms with Crippen LogP contribution < -0.4 is 4.18 Å². The quantitative estimate of drug-likeness (QED) is 0.453. The third kappa shape index (κ3) is 3.51. The monoisotopic (exact) mass is 289 g/mol. The minimum absolute atomic E-state index is 0.0133. The van der Waals surface area contributed by atoms with Crippen LogP contribution in [-0.4, -0.2) is 10.7 Å². The van der Waals surface area contributed by atoms with Crippen molar-refractivity contribution in [3.05, 3.63) is 69.8 Å². The van der Waals surface area contributed by atoms with Crippen LogP contribution in [0, 0.1) is 10.1 Å². The summed E-state index contributed by atoms with van der Waals surface area (Å²) in [6.07, 6.45) is 0.613. The Labute approximate surface area is 122 Å². The van der Waals surface area contributed by atoms with Crippen molar-refractivity contribution in [2.45, 2.75) is 13.3 Å². The molecule has 0 atom stereocenters. The molecule has 0 amide bonds. The lowest BCUT2D eigenvalue weighted by Gasteiger charge is -2.10. The largest absolute Gasteiger partial charge is 0.418 e. The van der Waals surface area contributed by atoms with Crippen molar-refractivity contribution in [1.82, 2.24) is 0 Å². The molecule has 0 bridgehead atoms. The number of rotatable bonds is 6. The third-order valence-corrected chi connectivity index (χ3v) is 3.29. The van der Waals surface area contributed by atoms with Gasteiger partial charge in [0.05, 0.1) is 17.0 Å². The van der Waals surface area contributed by atoms with Gasteiger partial charge in [-0.1, -0.05) is 49.4 Å². The number of nitrogens with zero attached hydrogens (tertiary/aromatic N) is 1. The summed E-state index contributed by atoms with van der Waals surface area (Å²) in [7, 11) is 0. The van der Waals surface area contributed by atoms with E-state index < -0.39 is 4.92 Å². The predicted octanol–water partition coefficient (Wildman–Crippen LogP) is 4.23. The smallest absolute Gasteiger partial charge is 0.312 e. The number of nitro groups is 1. The van der Waals surface area contributed by atoms with Gasteiger partial charge in [-0.3, -0.25) is 10.1 Å². The predicted molar refractivity (Wildman–Crippen MR) is 81.1 cm³/mol. The molecule has 0 saturated carbocycles. The van der Waals surface area contributed by atoms with Crippen LogP contribution in [0.2, 0.25) is 0 Å². The molecule has 0 spiro atoms. The highest BCUT2D eigenvalue weighted by molar-refractivity contribution is 7.94. The van der Waals surface area contributed by atoms with Crippen LogP contribution in [0.4, 0.5) is 5.69 Å². The van der Waals surface area contributed by atoms with Crippen LogP contribution in [0.5, 0.6) is 5.75 Å². The molecule has 104 valence electrons. The zero-order chi connectivity index (χ0) is 14.4. The summed E-state index contributed by atoms with van der Waals surface area (Å²) in [5, 5.41) is 11.1. The first-order chi connectivity index (χ1) is 9.72. The van der Waals surface area contributed by atoms with E-state index in [0.29, 0.717) is 12.2 Å².